The summed E-state index contributed by atoms with van der Waals surface area (Å²) in [6, 6.07) is 6.03. The van der Waals surface area contributed by atoms with Gasteiger partial charge in [0, 0.05) is 25.3 Å². The fourth-order valence-electron chi connectivity index (χ4n) is 2.19. The van der Waals surface area contributed by atoms with Gasteiger partial charge in [0.2, 0.25) is 0 Å². The van der Waals surface area contributed by atoms with E-state index in [1.165, 1.54) is 5.56 Å². The van der Waals surface area contributed by atoms with Gasteiger partial charge in [-0.15, -0.1) is 0 Å². The lowest BCUT2D eigenvalue weighted by atomic mass is 9.99. The predicted molar refractivity (Wildman–Crippen MR) is 77.3 cm³/mol. The molecule has 0 fully saturated rings. The van der Waals surface area contributed by atoms with Crippen LogP contribution in [0.2, 0.25) is 0 Å². The van der Waals surface area contributed by atoms with Crippen molar-refractivity contribution in [3.05, 3.63) is 29.3 Å². The molecule has 0 saturated heterocycles. The molecular weight excluding hydrogens is 262 g/mol. The average Bonchev–Trinajstić information content (AvgIpc) is 2.43. The predicted octanol–water partition coefficient (Wildman–Crippen LogP) is 1.38. The molecule has 5 nitrogen and oxygen atoms in total. The Morgan fingerprint density at radius 3 is 2.95 bits per heavy atom. The molecule has 106 valence electrons. The van der Waals surface area contributed by atoms with Crippen molar-refractivity contribution in [2.75, 3.05) is 18.4 Å². The summed E-state index contributed by atoms with van der Waals surface area (Å²) in [6.45, 7) is 3.65. The molecule has 0 saturated carbocycles. The second-order valence-electron chi connectivity index (χ2n) is 4.70. The van der Waals surface area contributed by atoms with Gasteiger partial charge in [0.25, 0.3) is 10.2 Å². The van der Waals surface area contributed by atoms with Crippen LogP contribution in [0.3, 0.4) is 0 Å². The number of fused-ring (bicyclic) bond motifs is 1. The highest BCUT2D eigenvalue weighted by Gasteiger charge is 2.14. The smallest absolute Gasteiger partial charge is 0.277 e. The summed E-state index contributed by atoms with van der Waals surface area (Å²) in [5.74, 6) is 0. The third-order valence-corrected chi connectivity index (χ3v) is 4.26. The molecule has 1 aliphatic rings. The molecule has 1 aliphatic heterocycles. The van der Waals surface area contributed by atoms with Crippen LogP contribution in [0.1, 0.15) is 30.9 Å². The number of hydrogen-bond acceptors (Lipinski definition) is 3. The number of nitrogens with one attached hydrogen (secondary N) is 3. The van der Waals surface area contributed by atoms with Crippen LogP contribution in [0.25, 0.3) is 0 Å². The van der Waals surface area contributed by atoms with Crippen LogP contribution in [0, 0.1) is 0 Å². The Balaban J connectivity index is 2.04. The highest BCUT2D eigenvalue weighted by atomic mass is 32.2. The van der Waals surface area contributed by atoms with Crippen LogP contribution in [0.15, 0.2) is 18.2 Å². The Hall–Kier alpha value is -1.11. The van der Waals surface area contributed by atoms with Gasteiger partial charge < -0.3 is 5.32 Å². The lowest BCUT2D eigenvalue weighted by Gasteiger charge is -2.21. The van der Waals surface area contributed by atoms with Crippen LogP contribution < -0.4 is 14.8 Å². The van der Waals surface area contributed by atoms with E-state index < -0.39 is 10.2 Å². The third kappa shape index (κ3) is 3.92. The normalized spacial score (nSPS) is 14.8. The molecule has 0 unspecified atom stereocenters. The van der Waals surface area contributed by atoms with E-state index in [1.807, 2.05) is 19.1 Å². The topological polar surface area (TPSA) is 70.2 Å². The molecule has 0 aliphatic carbocycles. The molecule has 3 N–H and O–H groups in total. The van der Waals surface area contributed by atoms with Gasteiger partial charge in [0.15, 0.2) is 0 Å². The molecule has 19 heavy (non-hydrogen) atoms. The van der Waals surface area contributed by atoms with E-state index in [0.29, 0.717) is 13.1 Å². The second kappa shape index (κ2) is 6.36. The fourth-order valence-corrected chi connectivity index (χ4v) is 3.11. The number of aryl methyl sites for hydroxylation is 1. The first-order chi connectivity index (χ1) is 9.12. The van der Waals surface area contributed by atoms with Gasteiger partial charge in [-0.2, -0.15) is 13.1 Å². The van der Waals surface area contributed by atoms with Crippen molar-refractivity contribution in [1.82, 2.24) is 9.44 Å². The molecule has 0 spiro atoms. The van der Waals surface area contributed by atoms with Crippen LogP contribution in [0.4, 0.5) is 5.69 Å². The summed E-state index contributed by atoms with van der Waals surface area (Å²) < 4.78 is 28.5. The molecule has 0 aromatic heterocycles. The monoisotopic (exact) mass is 283 g/mol. The van der Waals surface area contributed by atoms with E-state index in [1.54, 1.807) is 0 Å². The Morgan fingerprint density at radius 1 is 1.32 bits per heavy atom. The number of anilines is 1. The number of benzene rings is 1. The van der Waals surface area contributed by atoms with Crippen LogP contribution in [0.5, 0.6) is 0 Å². The Labute approximate surface area is 115 Å². The van der Waals surface area contributed by atoms with Crippen molar-refractivity contribution < 1.29 is 8.42 Å². The molecule has 0 atom stereocenters. The van der Waals surface area contributed by atoms with Gasteiger partial charge >= 0.3 is 0 Å². The summed E-state index contributed by atoms with van der Waals surface area (Å²) >= 11 is 0. The van der Waals surface area contributed by atoms with Crippen molar-refractivity contribution >= 4 is 15.9 Å². The summed E-state index contributed by atoms with van der Waals surface area (Å²) in [7, 11) is -3.40. The van der Waals surface area contributed by atoms with Crippen molar-refractivity contribution in [1.29, 1.82) is 0 Å². The number of hydrogen-bond donors (Lipinski definition) is 3. The molecular formula is C13H21N3O2S. The Bertz CT molecular complexity index is 529. The van der Waals surface area contributed by atoms with Gasteiger partial charge in [-0.25, -0.2) is 4.72 Å². The number of para-hydroxylation sites is 1. The van der Waals surface area contributed by atoms with E-state index in [-0.39, 0.29) is 0 Å². The first kappa shape index (κ1) is 14.3. The zero-order chi connectivity index (χ0) is 13.7. The summed E-state index contributed by atoms with van der Waals surface area (Å²) in [4.78, 5) is 0. The van der Waals surface area contributed by atoms with Crippen molar-refractivity contribution in [3.8, 4) is 0 Å². The van der Waals surface area contributed by atoms with Gasteiger partial charge in [-0.05, 0) is 30.4 Å². The van der Waals surface area contributed by atoms with Gasteiger partial charge in [0.05, 0.1) is 0 Å². The third-order valence-electron chi connectivity index (χ3n) is 3.16. The molecule has 6 heteroatoms. The summed E-state index contributed by atoms with van der Waals surface area (Å²) in [5, 5.41) is 3.36. The van der Waals surface area contributed by atoms with E-state index in [4.69, 9.17) is 0 Å². The minimum Gasteiger partial charge on any atom is -0.385 e. The van der Waals surface area contributed by atoms with E-state index in [0.717, 1.165) is 37.1 Å². The molecule has 0 bridgehead atoms. The Kier molecular flexibility index (Phi) is 4.79. The van der Waals surface area contributed by atoms with Crippen molar-refractivity contribution in [2.45, 2.75) is 32.7 Å². The van der Waals surface area contributed by atoms with E-state index in [2.05, 4.69) is 20.8 Å². The van der Waals surface area contributed by atoms with Crippen LogP contribution >= 0.6 is 0 Å². The van der Waals surface area contributed by atoms with Crippen LogP contribution in [-0.4, -0.2) is 21.5 Å². The lowest BCUT2D eigenvalue weighted by Crippen LogP contribution is -2.36. The molecule has 0 radical (unpaired) electrons. The number of rotatable bonds is 6. The van der Waals surface area contributed by atoms with E-state index in [9.17, 15) is 8.42 Å². The van der Waals surface area contributed by atoms with Gasteiger partial charge in [0.1, 0.15) is 0 Å². The maximum Gasteiger partial charge on any atom is 0.277 e. The van der Waals surface area contributed by atoms with Crippen molar-refractivity contribution in [3.63, 3.8) is 0 Å². The zero-order valence-corrected chi connectivity index (χ0v) is 12.0. The fraction of sp³-hybridized carbons (Fsp3) is 0.538. The van der Waals surface area contributed by atoms with Gasteiger partial charge in [-0.1, -0.05) is 25.1 Å². The first-order valence-electron chi connectivity index (χ1n) is 6.71. The maximum atomic E-state index is 11.7. The largest absolute Gasteiger partial charge is 0.385 e. The highest BCUT2D eigenvalue weighted by molar-refractivity contribution is 7.87. The first-order valence-corrected chi connectivity index (χ1v) is 8.19. The maximum absolute atomic E-state index is 11.7. The Morgan fingerprint density at radius 2 is 2.16 bits per heavy atom. The molecule has 0 amide bonds. The molecule has 1 aromatic carbocycles. The molecule has 1 heterocycles. The lowest BCUT2D eigenvalue weighted by molar-refractivity contribution is 0.565. The summed E-state index contributed by atoms with van der Waals surface area (Å²) in [6.07, 6.45) is 2.96. The minimum absolute atomic E-state index is 0.315. The van der Waals surface area contributed by atoms with E-state index >= 15 is 0 Å². The second-order valence-corrected chi connectivity index (χ2v) is 6.28. The standard InChI is InChI=1S/C13H21N3O2S/c1-2-8-15-19(17,18)16-10-12-6-3-5-11-7-4-9-14-13(11)12/h3,5-6,14-16H,2,4,7-10H2,1H3. The van der Waals surface area contributed by atoms with Crippen molar-refractivity contribution in [2.24, 2.45) is 0 Å². The average molecular weight is 283 g/mol. The zero-order valence-electron chi connectivity index (χ0n) is 11.2. The van der Waals surface area contributed by atoms with Crippen LogP contribution in [-0.2, 0) is 23.2 Å². The minimum atomic E-state index is -3.40. The highest BCUT2D eigenvalue weighted by Crippen LogP contribution is 2.25. The SMILES string of the molecule is CCCNS(=O)(=O)NCc1cccc2c1NCCC2. The quantitative estimate of drug-likeness (QED) is 0.738. The molecule has 1 aromatic rings. The van der Waals surface area contributed by atoms with Gasteiger partial charge in [-0.3, -0.25) is 0 Å². The molecule has 2 rings (SSSR count). The summed E-state index contributed by atoms with van der Waals surface area (Å²) in [5.41, 5.74) is 3.36.